The first-order chi connectivity index (χ1) is 6.66. The van der Waals surface area contributed by atoms with Crippen molar-refractivity contribution in [2.75, 3.05) is 0 Å². The summed E-state index contributed by atoms with van der Waals surface area (Å²) in [5, 5.41) is 16.8. The van der Waals surface area contributed by atoms with Crippen LogP contribution in [0.3, 0.4) is 0 Å². The molecule has 1 aliphatic heterocycles. The second-order valence-corrected chi connectivity index (χ2v) is 5.36. The maximum absolute atomic E-state index is 10.2. The lowest BCUT2D eigenvalue weighted by Gasteiger charge is -2.06. The molecule has 2 amide bonds. The third kappa shape index (κ3) is 4.89. The van der Waals surface area contributed by atoms with Gasteiger partial charge >= 0.3 is 5.97 Å². The quantitative estimate of drug-likeness (QED) is 0.421. The van der Waals surface area contributed by atoms with Crippen molar-refractivity contribution in [3.8, 4) is 0 Å². The molecule has 1 saturated heterocycles. The molecule has 1 heterocycles. The molecular formula is C8H12BrNO5. The molecular weight excluding hydrogens is 270 g/mol. The summed E-state index contributed by atoms with van der Waals surface area (Å²) in [6.45, 7) is 3.16. The Labute approximate surface area is 94.9 Å². The summed E-state index contributed by atoms with van der Waals surface area (Å²) in [5.41, 5.74) is 0. The number of carbonyl (C=O) groups is 3. The standard InChI is InChI=1S/C4H7BrO2.C4H5NO3/c1-4(2,5)3(6)7;6-3-1-2-4(7)5(3)8/h1-2H3,(H,6,7);8H,1-2H2. The molecule has 1 rings (SSSR count). The molecule has 6 nitrogen and oxygen atoms in total. The van der Waals surface area contributed by atoms with Gasteiger partial charge in [0.15, 0.2) is 0 Å². The minimum absolute atomic E-state index is 0.148. The van der Waals surface area contributed by atoms with Crippen molar-refractivity contribution in [3.05, 3.63) is 0 Å². The maximum atomic E-state index is 10.2. The zero-order valence-electron chi connectivity index (χ0n) is 8.36. The van der Waals surface area contributed by atoms with Crippen LogP contribution < -0.4 is 0 Å². The van der Waals surface area contributed by atoms with Crippen LogP contribution in [0.25, 0.3) is 0 Å². The number of hydrogen-bond acceptors (Lipinski definition) is 4. The van der Waals surface area contributed by atoms with Gasteiger partial charge in [0.05, 0.1) is 0 Å². The number of aliphatic carboxylic acids is 1. The number of carboxylic acids is 1. The van der Waals surface area contributed by atoms with Gasteiger partial charge in [-0.25, -0.2) is 0 Å². The molecule has 2 N–H and O–H groups in total. The van der Waals surface area contributed by atoms with Crippen LogP contribution in [-0.2, 0) is 14.4 Å². The van der Waals surface area contributed by atoms with E-state index in [0.717, 1.165) is 0 Å². The molecule has 0 aromatic rings. The fourth-order valence-electron chi connectivity index (χ4n) is 0.565. The second kappa shape index (κ2) is 5.22. The number of hydroxylamine groups is 2. The minimum atomic E-state index is -0.840. The first-order valence-electron chi connectivity index (χ1n) is 4.13. The highest BCUT2D eigenvalue weighted by molar-refractivity contribution is 9.10. The number of carbonyl (C=O) groups excluding carboxylic acids is 2. The van der Waals surface area contributed by atoms with Crippen LogP contribution >= 0.6 is 15.9 Å². The van der Waals surface area contributed by atoms with Crippen molar-refractivity contribution in [2.24, 2.45) is 0 Å². The molecule has 86 valence electrons. The van der Waals surface area contributed by atoms with Crippen LogP contribution in [0, 0.1) is 0 Å². The van der Waals surface area contributed by atoms with E-state index in [4.69, 9.17) is 10.3 Å². The van der Waals surface area contributed by atoms with Gasteiger partial charge in [-0.15, -0.1) is 0 Å². The number of imide groups is 1. The molecule has 0 atom stereocenters. The van der Waals surface area contributed by atoms with Crippen LogP contribution in [0.2, 0.25) is 0 Å². The normalized spacial score (nSPS) is 16.1. The summed E-state index contributed by atoms with van der Waals surface area (Å²) in [5.74, 6) is -1.85. The molecule has 7 heteroatoms. The van der Waals surface area contributed by atoms with Crippen LogP contribution in [0.4, 0.5) is 0 Å². The first kappa shape index (κ1) is 14.1. The summed E-state index contributed by atoms with van der Waals surface area (Å²) in [4.78, 5) is 30.5. The van der Waals surface area contributed by atoms with Gasteiger partial charge in [0, 0.05) is 12.8 Å². The van der Waals surface area contributed by atoms with Gasteiger partial charge in [0.25, 0.3) is 11.8 Å². The maximum Gasteiger partial charge on any atom is 0.319 e. The minimum Gasteiger partial charge on any atom is -0.480 e. The van der Waals surface area contributed by atoms with E-state index in [0.29, 0.717) is 0 Å². The molecule has 0 saturated carbocycles. The van der Waals surface area contributed by atoms with Crippen LogP contribution in [-0.4, -0.2) is 37.5 Å². The van der Waals surface area contributed by atoms with E-state index in [2.05, 4.69) is 15.9 Å². The zero-order valence-corrected chi connectivity index (χ0v) is 9.94. The number of carboxylic acid groups (broad SMARTS) is 1. The molecule has 15 heavy (non-hydrogen) atoms. The molecule has 0 unspecified atom stereocenters. The number of hydrogen-bond donors (Lipinski definition) is 2. The van der Waals surface area contributed by atoms with Gasteiger partial charge in [-0.3, -0.25) is 19.6 Å². The average Bonchev–Trinajstić information content (AvgIpc) is 2.36. The lowest BCUT2D eigenvalue weighted by molar-refractivity contribution is -0.171. The van der Waals surface area contributed by atoms with Crippen LogP contribution in [0.1, 0.15) is 26.7 Å². The molecule has 1 aliphatic rings. The number of rotatable bonds is 1. The third-order valence-corrected chi connectivity index (χ3v) is 1.87. The van der Waals surface area contributed by atoms with Crippen molar-refractivity contribution in [2.45, 2.75) is 31.0 Å². The number of amides is 2. The van der Waals surface area contributed by atoms with Gasteiger partial charge in [0.1, 0.15) is 4.32 Å². The smallest absolute Gasteiger partial charge is 0.319 e. The lowest BCUT2D eigenvalue weighted by atomic mass is 10.2. The third-order valence-electron chi connectivity index (χ3n) is 1.53. The Balaban J connectivity index is 0.000000265. The van der Waals surface area contributed by atoms with Crippen molar-refractivity contribution in [1.82, 2.24) is 5.06 Å². The summed E-state index contributed by atoms with van der Waals surface area (Å²) >= 11 is 2.94. The van der Waals surface area contributed by atoms with E-state index in [-0.39, 0.29) is 17.9 Å². The molecule has 0 spiro atoms. The van der Waals surface area contributed by atoms with E-state index >= 15 is 0 Å². The van der Waals surface area contributed by atoms with Gasteiger partial charge in [0.2, 0.25) is 0 Å². The summed E-state index contributed by atoms with van der Waals surface area (Å²) in [6, 6.07) is 0. The van der Waals surface area contributed by atoms with Gasteiger partial charge in [-0.05, 0) is 13.8 Å². The van der Waals surface area contributed by atoms with E-state index in [1.807, 2.05) is 0 Å². The fraction of sp³-hybridized carbons (Fsp3) is 0.625. The molecule has 0 aromatic heterocycles. The number of alkyl halides is 1. The number of nitrogens with zero attached hydrogens (tertiary/aromatic N) is 1. The van der Waals surface area contributed by atoms with Crippen molar-refractivity contribution < 1.29 is 24.7 Å². The van der Waals surface area contributed by atoms with Gasteiger partial charge in [-0.1, -0.05) is 15.9 Å². The highest BCUT2D eigenvalue weighted by Crippen LogP contribution is 2.14. The number of halogens is 1. The van der Waals surface area contributed by atoms with Gasteiger partial charge in [-0.2, -0.15) is 5.06 Å². The van der Waals surface area contributed by atoms with E-state index in [1.165, 1.54) is 0 Å². The van der Waals surface area contributed by atoms with Crippen LogP contribution in [0.5, 0.6) is 0 Å². The van der Waals surface area contributed by atoms with E-state index in [1.54, 1.807) is 13.8 Å². The first-order valence-corrected chi connectivity index (χ1v) is 4.92. The fourth-order valence-corrected chi connectivity index (χ4v) is 0.565. The molecule has 0 bridgehead atoms. The Kier molecular flexibility index (Phi) is 4.89. The Morgan fingerprint density at radius 2 is 1.60 bits per heavy atom. The largest absolute Gasteiger partial charge is 0.480 e. The Hall–Kier alpha value is -0.950. The highest BCUT2D eigenvalue weighted by atomic mass is 79.9. The van der Waals surface area contributed by atoms with Crippen molar-refractivity contribution >= 4 is 33.7 Å². The second-order valence-electron chi connectivity index (χ2n) is 3.38. The molecule has 0 aromatic carbocycles. The average molecular weight is 282 g/mol. The predicted octanol–water partition coefficient (Wildman–Crippen LogP) is 0.769. The van der Waals surface area contributed by atoms with Crippen molar-refractivity contribution in [1.29, 1.82) is 0 Å². The Morgan fingerprint density at radius 3 is 1.67 bits per heavy atom. The van der Waals surface area contributed by atoms with Crippen LogP contribution in [0.15, 0.2) is 0 Å². The summed E-state index contributed by atoms with van der Waals surface area (Å²) in [7, 11) is 0. The van der Waals surface area contributed by atoms with Crippen molar-refractivity contribution in [3.63, 3.8) is 0 Å². The Morgan fingerprint density at radius 1 is 1.33 bits per heavy atom. The lowest BCUT2D eigenvalue weighted by Crippen LogP contribution is -2.24. The molecule has 0 radical (unpaired) electrons. The zero-order chi connectivity index (χ0) is 12.2. The molecule has 0 aliphatic carbocycles. The Bertz CT molecular complexity index is 267. The summed E-state index contributed by atoms with van der Waals surface area (Å²) in [6.07, 6.45) is 0.296. The topological polar surface area (TPSA) is 94.9 Å². The monoisotopic (exact) mass is 281 g/mol. The highest BCUT2D eigenvalue weighted by Gasteiger charge is 2.26. The van der Waals surface area contributed by atoms with Gasteiger partial charge < -0.3 is 5.11 Å². The van der Waals surface area contributed by atoms with E-state index < -0.39 is 22.1 Å². The predicted molar refractivity (Wildman–Crippen MR) is 53.5 cm³/mol. The summed E-state index contributed by atoms with van der Waals surface area (Å²) < 4.78 is -0.771. The molecule has 1 fully saturated rings. The SMILES string of the molecule is CC(C)(Br)C(=O)O.O=C1CCC(=O)N1O. The van der Waals surface area contributed by atoms with E-state index in [9.17, 15) is 14.4 Å².